The molecule has 1 aliphatic rings. The number of unbranched alkanes of at least 4 members (excludes halogenated alkanes) is 1. The van der Waals surface area contributed by atoms with Crippen molar-refractivity contribution in [2.75, 3.05) is 33.8 Å². The van der Waals surface area contributed by atoms with Gasteiger partial charge in [0.25, 0.3) is 17.4 Å². The summed E-state index contributed by atoms with van der Waals surface area (Å²) in [6.45, 7) is 5.17. The van der Waals surface area contributed by atoms with E-state index in [1.807, 2.05) is 25.9 Å². The highest BCUT2D eigenvalue weighted by atomic mass is 16.6. The fraction of sp³-hybridized carbons (Fsp3) is 0.385. The number of carbonyl (C=O) groups is 2. The lowest BCUT2D eigenvalue weighted by Crippen LogP contribution is -2.35. The number of rotatable bonds is 10. The maximum atomic E-state index is 13.1. The molecule has 35 heavy (non-hydrogen) atoms. The lowest BCUT2D eigenvalue weighted by molar-refractivity contribution is -0.384. The minimum absolute atomic E-state index is 0.0895. The van der Waals surface area contributed by atoms with Gasteiger partial charge in [0, 0.05) is 30.8 Å². The quantitative estimate of drug-likeness (QED) is 0.136. The molecule has 3 rings (SSSR count). The molecule has 9 nitrogen and oxygen atoms in total. The summed E-state index contributed by atoms with van der Waals surface area (Å²) < 4.78 is 5.78. The number of aliphatic hydroxyl groups is 1. The molecule has 0 saturated carbocycles. The lowest BCUT2D eigenvalue weighted by Gasteiger charge is -2.26. The highest BCUT2D eigenvalue weighted by Crippen LogP contribution is 2.40. The second-order valence-corrected chi connectivity index (χ2v) is 8.83. The number of hydrogen-bond acceptors (Lipinski definition) is 7. The number of likely N-dealkylation sites (tertiary alicyclic amines) is 1. The first-order valence-corrected chi connectivity index (χ1v) is 11.6. The van der Waals surface area contributed by atoms with Gasteiger partial charge < -0.3 is 19.6 Å². The average molecular weight is 482 g/mol. The summed E-state index contributed by atoms with van der Waals surface area (Å²) in [5.41, 5.74) is 1.28. The topological polar surface area (TPSA) is 113 Å². The van der Waals surface area contributed by atoms with Crippen LogP contribution in [0, 0.1) is 17.0 Å². The summed E-state index contributed by atoms with van der Waals surface area (Å²) in [4.78, 5) is 40.2. The number of hydrogen-bond donors (Lipinski definition) is 1. The SMILES string of the molecule is CCCCOc1ccc(C(O)=C2C(=O)C(=O)N(CCN(C)C)[C@@H]2c2cccc([N+](=O)[O-])c2)cc1C. The zero-order chi connectivity index (χ0) is 25.7. The Hall–Kier alpha value is -3.72. The van der Waals surface area contributed by atoms with Crippen molar-refractivity contribution in [3.05, 3.63) is 74.8 Å². The normalized spacial score (nSPS) is 17.3. The van der Waals surface area contributed by atoms with E-state index in [-0.39, 0.29) is 23.6 Å². The standard InChI is InChI=1S/C26H31N3O6/c1-5-6-14-35-21-11-10-19(15-17(21)2)24(30)22-23(18-8-7-9-20(16-18)29(33)34)28(13-12-27(3)4)26(32)25(22)31/h7-11,15-16,23,30H,5-6,12-14H2,1-4H3/t23-/m1/s1. The van der Waals surface area contributed by atoms with E-state index in [9.17, 15) is 24.8 Å². The molecule has 1 amide bonds. The first kappa shape index (κ1) is 25.9. The van der Waals surface area contributed by atoms with Crippen LogP contribution in [0.4, 0.5) is 5.69 Å². The van der Waals surface area contributed by atoms with E-state index in [4.69, 9.17) is 4.74 Å². The maximum Gasteiger partial charge on any atom is 0.295 e. The summed E-state index contributed by atoms with van der Waals surface area (Å²) in [6.07, 6.45) is 1.92. The Kier molecular flexibility index (Phi) is 8.24. The molecule has 0 aliphatic carbocycles. The number of aryl methyl sites for hydroxylation is 1. The number of nitro groups is 1. The third-order valence-corrected chi connectivity index (χ3v) is 5.93. The van der Waals surface area contributed by atoms with Gasteiger partial charge in [0.05, 0.1) is 23.1 Å². The van der Waals surface area contributed by atoms with E-state index in [1.165, 1.54) is 23.1 Å². The average Bonchev–Trinajstić information content (AvgIpc) is 3.08. The molecule has 0 bridgehead atoms. The Labute approximate surface area is 204 Å². The van der Waals surface area contributed by atoms with Gasteiger partial charge >= 0.3 is 0 Å². The van der Waals surface area contributed by atoms with E-state index < -0.39 is 22.7 Å². The molecule has 1 atom stereocenters. The number of carbonyl (C=O) groups excluding carboxylic acids is 2. The molecule has 1 saturated heterocycles. The number of Topliss-reactive ketones (excluding diaryl/α,β-unsaturated/α-hetero) is 1. The molecular weight excluding hydrogens is 450 g/mol. The molecule has 0 spiro atoms. The number of benzene rings is 2. The Morgan fingerprint density at radius 3 is 2.57 bits per heavy atom. The molecule has 0 aromatic heterocycles. The summed E-state index contributed by atoms with van der Waals surface area (Å²) in [5, 5.41) is 22.6. The molecule has 1 fully saturated rings. The smallest absolute Gasteiger partial charge is 0.295 e. The Bertz CT molecular complexity index is 1160. The van der Waals surface area contributed by atoms with E-state index in [2.05, 4.69) is 6.92 Å². The van der Waals surface area contributed by atoms with E-state index in [0.717, 1.165) is 18.4 Å². The molecule has 0 unspecified atom stereocenters. The Morgan fingerprint density at radius 2 is 1.94 bits per heavy atom. The van der Waals surface area contributed by atoms with Crippen LogP contribution in [0.3, 0.4) is 0 Å². The van der Waals surface area contributed by atoms with Gasteiger partial charge in [-0.1, -0.05) is 25.5 Å². The summed E-state index contributed by atoms with van der Waals surface area (Å²) in [7, 11) is 3.68. The monoisotopic (exact) mass is 481 g/mol. The number of aliphatic hydroxyl groups excluding tert-OH is 1. The van der Waals surface area contributed by atoms with Crippen LogP contribution in [0.15, 0.2) is 48.0 Å². The van der Waals surface area contributed by atoms with Crippen molar-refractivity contribution in [1.29, 1.82) is 0 Å². The van der Waals surface area contributed by atoms with Gasteiger partial charge in [-0.05, 0) is 56.8 Å². The number of non-ortho nitro benzene ring substituents is 1. The van der Waals surface area contributed by atoms with Crippen LogP contribution in [-0.2, 0) is 9.59 Å². The number of ketones is 1. The highest BCUT2D eigenvalue weighted by Gasteiger charge is 2.46. The Balaban J connectivity index is 2.10. The van der Waals surface area contributed by atoms with Gasteiger partial charge in [-0.25, -0.2) is 0 Å². The van der Waals surface area contributed by atoms with E-state index >= 15 is 0 Å². The van der Waals surface area contributed by atoms with Gasteiger partial charge in [-0.2, -0.15) is 0 Å². The second-order valence-electron chi connectivity index (χ2n) is 8.83. The van der Waals surface area contributed by atoms with E-state index in [1.54, 1.807) is 24.3 Å². The van der Waals surface area contributed by atoms with Gasteiger partial charge in [0.2, 0.25) is 0 Å². The number of nitrogens with zero attached hydrogens (tertiary/aromatic N) is 3. The van der Waals surface area contributed by atoms with Crippen LogP contribution in [0.25, 0.3) is 5.76 Å². The van der Waals surface area contributed by atoms with Crippen molar-refractivity contribution in [1.82, 2.24) is 9.80 Å². The number of likely N-dealkylation sites (N-methyl/N-ethyl adjacent to an activating group) is 1. The minimum Gasteiger partial charge on any atom is -0.507 e. The van der Waals surface area contributed by atoms with Crippen molar-refractivity contribution >= 4 is 23.1 Å². The van der Waals surface area contributed by atoms with E-state index in [0.29, 0.717) is 30.0 Å². The maximum absolute atomic E-state index is 13.1. The van der Waals surface area contributed by atoms with Crippen LogP contribution in [0.2, 0.25) is 0 Å². The first-order chi connectivity index (χ1) is 16.6. The van der Waals surface area contributed by atoms with Gasteiger partial charge in [0.1, 0.15) is 11.5 Å². The van der Waals surface area contributed by atoms with Crippen LogP contribution in [0.5, 0.6) is 5.75 Å². The van der Waals surface area contributed by atoms with Crippen LogP contribution >= 0.6 is 0 Å². The third-order valence-electron chi connectivity index (χ3n) is 5.93. The fourth-order valence-corrected chi connectivity index (χ4v) is 4.01. The molecule has 186 valence electrons. The number of nitro benzene ring substituents is 1. The van der Waals surface area contributed by atoms with Crippen LogP contribution in [0.1, 0.15) is 42.5 Å². The van der Waals surface area contributed by atoms with Crippen molar-refractivity contribution in [2.45, 2.75) is 32.7 Å². The third kappa shape index (κ3) is 5.68. The van der Waals surface area contributed by atoms with Gasteiger partial charge in [-0.3, -0.25) is 19.7 Å². The second kappa shape index (κ2) is 11.1. The van der Waals surface area contributed by atoms with Crippen LogP contribution in [-0.4, -0.2) is 65.3 Å². The molecule has 1 N–H and O–H groups in total. The van der Waals surface area contributed by atoms with Gasteiger partial charge in [-0.15, -0.1) is 0 Å². The Morgan fingerprint density at radius 1 is 1.20 bits per heavy atom. The molecular formula is C26H31N3O6. The summed E-state index contributed by atoms with van der Waals surface area (Å²) in [6, 6.07) is 9.93. The van der Waals surface area contributed by atoms with Crippen LogP contribution < -0.4 is 4.74 Å². The molecule has 9 heteroatoms. The van der Waals surface area contributed by atoms with Gasteiger partial charge in [0.15, 0.2) is 0 Å². The molecule has 2 aromatic rings. The van der Waals surface area contributed by atoms with Crippen molar-refractivity contribution in [3.8, 4) is 5.75 Å². The minimum atomic E-state index is -0.948. The first-order valence-electron chi connectivity index (χ1n) is 11.6. The van der Waals surface area contributed by atoms with Crippen molar-refractivity contribution in [3.63, 3.8) is 0 Å². The zero-order valence-electron chi connectivity index (χ0n) is 20.5. The molecule has 1 heterocycles. The van der Waals surface area contributed by atoms with Crippen molar-refractivity contribution in [2.24, 2.45) is 0 Å². The largest absolute Gasteiger partial charge is 0.507 e. The predicted octanol–water partition coefficient (Wildman–Crippen LogP) is 4.07. The number of ether oxygens (including phenoxy) is 1. The fourth-order valence-electron chi connectivity index (χ4n) is 4.01. The lowest BCUT2D eigenvalue weighted by atomic mass is 9.94. The van der Waals surface area contributed by atoms with Crippen molar-refractivity contribution < 1.29 is 24.4 Å². The number of amides is 1. The zero-order valence-corrected chi connectivity index (χ0v) is 20.5. The predicted molar refractivity (Wildman–Crippen MR) is 132 cm³/mol. The molecule has 1 aliphatic heterocycles. The summed E-state index contributed by atoms with van der Waals surface area (Å²) in [5.74, 6) is -1.22. The molecule has 0 radical (unpaired) electrons. The molecule has 2 aromatic carbocycles. The summed E-state index contributed by atoms with van der Waals surface area (Å²) >= 11 is 0. The highest BCUT2D eigenvalue weighted by molar-refractivity contribution is 6.46.